The van der Waals surface area contributed by atoms with E-state index >= 15 is 0 Å². The summed E-state index contributed by atoms with van der Waals surface area (Å²) >= 11 is 0. The molecule has 0 unspecified atom stereocenters. The molecule has 11 nitrogen and oxygen atoms in total. The number of hydrogen-bond acceptors (Lipinski definition) is 7. The molecule has 0 aromatic heterocycles. The summed E-state index contributed by atoms with van der Waals surface area (Å²) in [5.74, 6) is -2.21. The molecular formula is C28H40N4O7. The van der Waals surface area contributed by atoms with Crippen LogP contribution in [0.5, 0.6) is 0 Å². The van der Waals surface area contributed by atoms with E-state index in [1.54, 1.807) is 13.8 Å². The highest BCUT2D eigenvalue weighted by atomic mass is 16.3. The summed E-state index contributed by atoms with van der Waals surface area (Å²) in [5.41, 5.74) is -0.496. The van der Waals surface area contributed by atoms with Gasteiger partial charge in [-0.1, -0.05) is 43.2 Å². The number of ketones is 1. The van der Waals surface area contributed by atoms with Crippen LogP contribution < -0.4 is 16.0 Å². The second kappa shape index (κ2) is 13.7. The summed E-state index contributed by atoms with van der Waals surface area (Å²) in [7, 11) is 0. The molecule has 0 spiro atoms. The molecule has 0 saturated carbocycles. The van der Waals surface area contributed by atoms with Crippen molar-refractivity contribution in [1.82, 2.24) is 20.9 Å². The zero-order valence-electron chi connectivity index (χ0n) is 22.7. The number of rotatable bonds is 10. The molecule has 214 valence electrons. The molecule has 4 amide bonds. The first kappa shape index (κ1) is 30.2. The van der Waals surface area contributed by atoms with E-state index in [4.69, 9.17) is 5.11 Å². The maximum atomic E-state index is 13.6. The second-order valence-corrected chi connectivity index (χ2v) is 10.8. The Labute approximate surface area is 228 Å². The molecule has 2 heterocycles. The summed E-state index contributed by atoms with van der Waals surface area (Å²) in [6.45, 7) is 2.85. The van der Waals surface area contributed by atoms with Crippen molar-refractivity contribution in [3.05, 3.63) is 35.9 Å². The minimum atomic E-state index is -1.39. The standard InChI is InChI=1S/C28H40N4O7/c1-28(2)27(39)30-20(16-18-10-5-3-6-11-18)26(38)32-15-9-13-21(32)25(37)29-19(24(36)31-28)12-7-4-8-14-22(34)23(35)17-33/h3,5-6,10-11,19-21,23,33,35H,4,7-9,12-17H2,1-2H3,(H,29,37)(H,30,39)(H,31,36)/t19-,20-,21+,23-/m0/s1. The van der Waals surface area contributed by atoms with Crippen LogP contribution >= 0.6 is 0 Å². The van der Waals surface area contributed by atoms with Gasteiger partial charge in [-0.05, 0) is 45.1 Å². The smallest absolute Gasteiger partial charge is 0.246 e. The van der Waals surface area contributed by atoms with Gasteiger partial charge in [0.05, 0.1) is 6.61 Å². The molecule has 0 bridgehead atoms. The third-order valence-corrected chi connectivity index (χ3v) is 7.32. The molecule has 2 aliphatic rings. The maximum absolute atomic E-state index is 13.6. The van der Waals surface area contributed by atoms with Crippen LogP contribution in [0.1, 0.15) is 64.4 Å². The lowest BCUT2D eigenvalue weighted by Crippen LogP contribution is -2.64. The molecule has 2 saturated heterocycles. The lowest BCUT2D eigenvalue weighted by molar-refractivity contribution is -0.144. The Balaban J connectivity index is 1.75. The number of Topliss-reactive ketones (excluding diaryl/α,β-unsaturated/α-hetero) is 1. The van der Waals surface area contributed by atoms with Crippen LogP contribution in [-0.4, -0.2) is 87.4 Å². The number of carbonyl (C=O) groups is 5. The van der Waals surface area contributed by atoms with E-state index in [0.29, 0.717) is 38.6 Å². The maximum Gasteiger partial charge on any atom is 0.246 e. The van der Waals surface area contributed by atoms with Gasteiger partial charge in [-0.25, -0.2) is 0 Å². The van der Waals surface area contributed by atoms with Crippen molar-refractivity contribution in [3.8, 4) is 0 Å². The van der Waals surface area contributed by atoms with Gasteiger partial charge < -0.3 is 31.1 Å². The van der Waals surface area contributed by atoms with Crippen LogP contribution in [0, 0.1) is 0 Å². The Hall–Kier alpha value is -3.31. The first-order valence-electron chi connectivity index (χ1n) is 13.6. The van der Waals surface area contributed by atoms with E-state index in [-0.39, 0.29) is 25.2 Å². The highest BCUT2D eigenvalue weighted by Crippen LogP contribution is 2.21. The van der Waals surface area contributed by atoms with Crippen molar-refractivity contribution < 1.29 is 34.2 Å². The molecule has 2 fully saturated rings. The van der Waals surface area contributed by atoms with E-state index < -0.39 is 59.9 Å². The number of hydrogen-bond donors (Lipinski definition) is 5. The van der Waals surface area contributed by atoms with Gasteiger partial charge in [-0.15, -0.1) is 0 Å². The second-order valence-electron chi connectivity index (χ2n) is 10.8. The average molecular weight is 545 g/mol. The van der Waals surface area contributed by atoms with E-state index in [9.17, 15) is 29.1 Å². The van der Waals surface area contributed by atoms with E-state index in [1.165, 1.54) is 4.90 Å². The van der Waals surface area contributed by atoms with Crippen molar-refractivity contribution in [2.45, 2.75) is 95.0 Å². The number of amides is 4. The normalized spacial score (nSPS) is 24.5. The van der Waals surface area contributed by atoms with Gasteiger partial charge >= 0.3 is 0 Å². The quantitative estimate of drug-likeness (QED) is 0.258. The van der Waals surface area contributed by atoms with Crippen molar-refractivity contribution in [2.24, 2.45) is 0 Å². The highest BCUT2D eigenvalue weighted by molar-refractivity contribution is 5.99. The summed E-state index contributed by atoms with van der Waals surface area (Å²) < 4.78 is 0. The lowest BCUT2D eigenvalue weighted by Gasteiger charge is -2.34. The third kappa shape index (κ3) is 8.09. The number of fused-ring (bicyclic) bond motifs is 1. The molecular weight excluding hydrogens is 504 g/mol. The van der Waals surface area contributed by atoms with Crippen molar-refractivity contribution >= 4 is 29.4 Å². The van der Waals surface area contributed by atoms with Crippen molar-refractivity contribution in [2.75, 3.05) is 13.2 Å². The zero-order chi connectivity index (χ0) is 28.6. The first-order valence-corrected chi connectivity index (χ1v) is 13.6. The number of nitrogens with one attached hydrogen (secondary N) is 3. The van der Waals surface area contributed by atoms with Gasteiger partial charge in [0.2, 0.25) is 23.6 Å². The van der Waals surface area contributed by atoms with Crippen molar-refractivity contribution in [1.29, 1.82) is 0 Å². The molecule has 0 aliphatic carbocycles. The number of benzene rings is 1. The summed E-state index contributed by atoms with van der Waals surface area (Å²) in [4.78, 5) is 66.7. The minimum absolute atomic E-state index is 0.0987. The summed E-state index contributed by atoms with van der Waals surface area (Å²) in [5, 5.41) is 26.6. The van der Waals surface area contributed by atoms with Crippen LogP contribution in [-0.2, 0) is 30.4 Å². The first-order chi connectivity index (χ1) is 18.5. The fourth-order valence-electron chi connectivity index (χ4n) is 4.97. The molecule has 3 rings (SSSR count). The van der Waals surface area contributed by atoms with Crippen LogP contribution in [0.4, 0.5) is 0 Å². The number of aliphatic hydroxyl groups excluding tert-OH is 2. The number of aliphatic hydroxyl groups is 2. The Morgan fingerprint density at radius 3 is 2.44 bits per heavy atom. The SMILES string of the molecule is CC1(C)NC(=O)[C@H](CCCCCC(=O)[C@@H](O)CO)NC(=O)[C@H]2CCCN2C(=O)[C@H](Cc2ccccc2)NC1=O. The monoisotopic (exact) mass is 544 g/mol. The van der Waals surface area contributed by atoms with Crippen LogP contribution in [0.25, 0.3) is 0 Å². The predicted octanol–water partition coefficient (Wildman–Crippen LogP) is -0.0291. The van der Waals surface area contributed by atoms with Gasteiger partial charge in [0, 0.05) is 19.4 Å². The summed E-state index contributed by atoms with van der Waals surface area (Å²) in [6, 6.07) is 6.73. The number of unbranched alkanes of at least 4 members (excludes halogenated alkanes) is 2. The molecule has 1 aromatic carbocycles. The fraction of sp³-hybridized carbons (Fsp3) is 0.607. The van der Waals surface area contributed by atoms with Gasteiger partial charge in [-0.3, -0.25) is 24.0 Å². The van der Waals surface area contributed by atoms with E-state index in [2.05, 4.69) is 16.0 Å². The van der Waals surface area contributed by atoms with Gasteiger partial charge in [0.1, 0.15) is 29.8 Å². The number of nitrogens with zero attached hydrogens (tertiary/aromatic N) is 1. The minimum Gasteiger partial charge on any atom is -0.393 e. The zero-order valence-corrected chi connectivity index (χ0v) is 22.7. The predicted molar refractivity (Wildman–Crippen MR) is 142 cm³/mol. The average Bonchev–Trinajstić information content (AvgIpc) is 3.40. The Morgan fingerprint density at radius 1 is 1.03 bits per heavy atom. The van der Waals surface area contributed by atoms with E-state index in [1.807, 2.05) is 30.3 Å². The Kier molecular flexibility index (Phi) is 10.6. The Morgan fingerprint density at radius 2 is 1.74 bits per heavy atom. The highest BCUT2D eigenvalue weighted by Gasteiger charge is 2.42. The topological polar surface area (TPSA) is 165 Å². The largest absolute Gasteiger partial charge is 0.393 e. The lowest BCUT2D eigenvalue weighted by atomic mass is 9.98. The third-order valence-electron chi connectivity index (χ3n) is 7.32. The van der Waals surface area contributed by atoms with Gasteiger partial charge in [0.15, 0.2) is 5.78 Å². The van der Waals surface area contributed by atoms with Gasteiger partial charge in [-0.2, -0.15) is 0 Å². The molecule has 2 aliphatic heterocycles. The Bertz CT molecular complexity index is 1050. The molecule has 0 radical (unpaired) electrons. The summed E-state index contributed by atoms with van der Waals surface area (Å²) in [6.07, 6.45) is 1.83. The molecule has 4 atom stereocenters. The van der Waals surface area contributed by atoms with Crippen molar-refractivity contribution in [3.63, 3.8) is 0 Å². The van der Waals surface area contributed by atoms with Crippen LogP contribution in [0.3, 0.4) is 0 Å². The molecule has 5 N–H and O–H groups in total. The fourth-order valence-corrected chi connectivity index (χ4v) is 4.97. The van der Waals surface area contributed by atoms with Crippen LogP contribution in [0.2, 0.25) is 0 Å². The van der Waals surface area contributed by atoms with E-state index in [0.717, 1.165) is 5.56 Å². The molecule has 39 heavy (non-hydrogen) atoms. The van der Waals surface area contributed by atoms with Crippen LogP contribution in [0.15, 0.2) is 30.3 Å². The molecule has 11 heteroatoms. The number of carbonyl (C=O) groups excluding carboxylic acids is 5. The molecule has 1 aromatic rings. The van der Waals surface area contributed by atoms with Gasteiger partial charge in [0.25, 0.3) is 0 Å².